The fourth-order valence-corrected chi connectivity index (χ4v) is 3.62. The number of ether oxygens (including phenoxy) is 1. The van der Waals surface area contributed by atoms with Gasteiger partial charge in [0.2, 0.25) is 5.91 Å². The number of carbonyl (C=O) groups excluding carboxylic acids is 1. The Balaban J connectivity index is 1.67. The van der Waals surface area contributed by atoms with Crippen molar-refractivity contribution in [2.45, 2.75) is 27.3 Å². The van der Waals surface area contributed by atoms with E-state index in [1.807, 2.05) is 32.7 Å². The van der Waals surface area contributed by atoms with Gasteiger partial charge in [-0.2, -0.15) is 5.10 Å². The Hall–Kier alpha value is -3.19. The summed E-state index contributed by atoms with van der Waals surface area (Å²) >= 11 is 0. The second kappa shape index (κ2) is 9.09. The first kappa shape index (κ1) is 21.5. The molecule has 3 rings (SSSR count). The first-order valence-corrected chi connectivity index (χ1v) is 9.72. The van der Waals surface area contributed by atoms with Crippen LogP contribution in [0.2, 0.25) is 0 Å². The molecule has 0 radical (unpaired) electrons. The van der Waals surface area contributed by atoms with E-state index < -0.39 is 0 Å². The van der Waals surface area contributed by atoms with Crippen molar-refractivity contribution in [2.24, 2.45) is 0 Å². The van der Waals surface area contributed by atoms with Crippen LogP contribution in [0.5, 0.6) is 5.75 Å². The maximum Gasteiger partial charge on any atom is 0.239 e. The second-order valence-electron chi connectivity index (χ2n) is 7.54. The molecule has 0 bridgehead atoms. The summed E-state index contributed by atoms with van der Waals surface area (Å²) in [5.41, 5.74) is 4.70. The summed E-state index contributed by atoms with van der Waals surface area (Å²) < 4.78 is 20.2. The van der Waals surface area contributed by atoms with Gasteiger partial charge in [0, 0.05) is 12.6 Å². The van der Waals surface area contributed by atoms with Gasteiger partial charge >= 0.3 is 0 Å². The van der Waals surface area contributed by atoms with Crippen LogP contribution < -0.4 is 10.1 Å². The monoisotopic (exact) mass is 410 g/mol. The minimum absolute atomic E-state index is 0.150. The number of hydrogen-bond donors (Lipinski definition) is 1. The van der Waals surface area contributed by atoms with Crippen LogP contribution in [0.25, 0.3) is 5.69 Å². The Morgan fingerprint density at radius 2 is 1.77 bits per heavy atom. The Morgan fingerprint density at radius 3 is 2.37 bits per heavy atom. The molecule has 0 aliphatic carbocycles. The highest BCUT2D eigenvalue weighted by molar-refractivity contribution is 5.91. The lowest BCUT2D eigenvalue weighted by Gasteiger charge is -2.18. The van der Waals surface area contributed by atoms with Crippen LogP contribution in [-0.4, -0.2) is 41.3 Å². The molecule has 7 heteroatoms. The minimum atomic E-state index is -0.321. The molecule has 3 aromatic rings. The maximum absolute atomic E-state index is 13.2. The van der Waals surface area contributed by atoms with E-state index in [0.717, 1.165) is 28.1 Å². The molecule has 1 heterocycles. The smallest absolute Gasteiger partial charge is 0.239 e. The van der Waals surface area contributed by atoms with Gasteiger partial charge < -0.3 is 10.1 Å². The molecule has 1 amide bonds. The van der Waals surface area contributed by atoms with E-state index in [-0.39, 0.29) is 18.3 Å². The summed E-state index contributed by atoms with van der Waals surface area (Å²) in [5, 5.41) is 7.31. The lowest BCUT2D eigenvalue weighted by molar-refractivity contribution is -0.117. The number of hydrogen-bond acceptors (Lipinski definition) is 4. The molecule has 0 spiro atoms. The van der Waals surface area contributed by atoms with E-state index in [1.54, 1.807) is 30.0 Å². The Bertz CT molecular complexity index is 1020. The highest BCUT2D eigenvalue weighted by Crippen LogP contribution is 2.25. The van der Waals surface area contributed by atoms with Gasteiger partial charge in [-0.05, 0) is 68.8 Å². The number of methoxy groups -OCH3 is 1. The third-order valence-corrected chi connectivity index (χ3v) is 4.76. The highest BCUT2D eigenvalue weighted by Gasteiger charge is 2.14. The van der Waals surface area contributed by atoms with E-state index >= 15 is 0 Å². The van der Waals surface area contributed by atoms with Crippen LogP contribution >= 0.6 is 0 Å². The zero-order valence-corrected chi connectivity index (χ0v) is 18.0. The summed E-state index contributed by atoms with van der Waals surface area (Å²) in [5.74, 6) is 0.971. The Labute approximate surface area is 176 Å². The number of rotatable bonds is 7. The van der Waals surface area contributed by atoms with Gasteiger partial charge in [-0.1, -0.05) is 12.1 Å². The number of carbonyl (C=O) groups is 1. The molecule has 0 fully saturated rings. The average Bonchev–Trinajstić information content (AvgIpc) is 3.01. The van der Waals surface area contributed by atoms with Crippen molar-refractivity contribution in [1.29, 1.82) is 0 Å². The molecule has 0 unspecified atom stereocenters. The third-order valence-electron chi connectivity index (χ3n) is 4.76. The second-order valence-corrected chi connectivity index (χ2v) is 7.54. The summed E-state index contributed by atoms with van der Waals surface area (Å²) in [4.78, 5) is 14.6. The number of anilines is 1. The number of aromatic nitrogens is 2. The number of likely N-dealkylation sites (N-methyl/N-ethyl adjacent to an activating group) is 1. The number of nitrogens with zero attached hydrogens (tertiary/aromatic N) is 3. The average molecular weight is 410 g/mol. The minimum Gasteiger partial charge on any atom is -0.496 e. The summed E-state index contributed by atoms with van der Waals surface area (Å²) in [6.45, 7) is 6.73. The first-order valence-electron chi connectivity index (χ1n) is 9.72. The quantitative estimate of drug-likeness (QED) is 0.639. The molecular weight excluding hydrogens is 383 g/mol. The molecule has 2 aromatic carbocycles. The van der Waals surface area contributed by atoms with Crippen molar-refractivity contribution < 1.29 is 13.9 Å². The first-order chi connectivity index (χ1) is 14.3. The van der Waals surface area contributed by atoms with Crippen LogP contribution in [0.3, 0.4) is 0 Å². The van der Waals surface area contributed by atoms with Gasteiger partial charge in [0.25, 0.3) is 0 Å². The van der Waals surface area contributed by atoms with E-state index in [0.29, 0.717) is 18.1 Å². The van der Waals surface area contributed by atoms with Crippen molar-refractivity contribution in [1.82, 2.24) is 14.7 Å². The van der Waals surface area contributed by atoms with Crippen molar-refractivity contribution in [3.05, 3.63) is 70.7 Å². The van der Waals surface area contributed by atoms with Crippen molar-refractivity contribution in [3.8, 4) is 11.4 Å². The predicted molar refractivity (Wildman–Crippen MR) is 116 cm³/mol. The molecular formula is C23H27FN4O2. The molecule has 0 saturated heterocycles. The van der Waals surface area contributed by atoms with Crippen LogP contribution in [0.4, 0.5) is 10.2 Å². The summed E-state index contributed by atoms with van der Waals surface area (Å²) in [7, 11) is 3.57. The third kappa shape index (κ3) is 5.04. The predicted octanol–water partition coefficient (Wildman–Crippen LogP) is 4.02. The van der Waals surface area contributed by atoms with Crippen LogP contribution in [-0.2, 0) is 11.3 Å². The lowest BCUT2D eigenvalue weighted by atomic mass is 10.1. The van der Waals surface area contributed by atoms with Gasteiger partial charge in [0.1, 0.15) is 17.4 Å². The Morgan fingerprint density at radius 1 is 1.13 bits per heavy atom. The Kier molecular flexibility index (Phi) is 6.52. The molecule has 0 atom stereocenters. The molecule has 1 N–H and O–H groups in total. The van der Waals surface area contributed by atoms with E-state index in [1.165, 1.54) is 12.1 Å². The molecule has 0 aliphatic heterocycles. The van der Waals surface area contributed by atoms with Crippen LogP contribution in [0.15, 0.2) is 42.5 Å². The highest BCUT2D eigenvalue weighted by atomic mass is 19.1. The standard InChI is InChI=1S/C23H27FN4O2/c1-15-10-18(11-16(2)23(15)30-5)13-27(4)14-22(29)25-21-12-17(3)26-28(21)20-8-6-19(24)7-9-20/h6-12H,13-14H2,1-5H3,(H,25,29). The van der Waals surface area contributed by atoms with Gasteiger partial charge in [0.15, 0.2) is 0 Å². The van der Waals surface area contributed by atoms with Gasteiger partial charge in [0.05, 0.1) is 25.0 Å². The van der Waals surface area contributed by atoms with Gasteiger partial charge in [-0.3, -0.25) is 9.69 Å². The van der Waals surface area contributed by atoms with E-state index in [4.69, 9.17) is 4.74 Å². The fraction of sp³-hybridized carbons (Fsp3) is 0.304. The number of amides is 1. The molecule has 1 aromatic heterocycles. The molecule has 6 nitrogen and oxygen atoms in total. The SMILES string of the molecule is COc1c(C)cc(CN(C)CC(=O)Nc2cc(C)nn2-c2ccc(F)cc2)cc1C. The van der Waals surface area contributed by atoms with Crippen molar-refractivity contribution in [3.63, 3.8) is 0 Å². The zero-order valence-electron chi connectivity index (χ0n) is 18.0. The number of aryl methyl sites for hydroxylation is 3. The summed E-state index contributed by atoms with van der Waals surface area (Å²) in [6.07, 6.45) is 0. The maximum atomic E-state index is 13.2. The largest absolute Gasteiger partial charge is 0.496 e. The van der Waals surface area contributed by atoms with Crippen LogP contribution in [0, 0.1) is 26.6 Å². The number of nitrogens with one attached hydrogen (secondary N) is 1. The van der Waals surface area contributed by atoms with Crippen molar-refractivity contribution in [2.75, 3.05) is 26.0 Å². The number of benzene rings is 2. The fourth-order valence-electron chi connectivity index (χ4n) is 3.62. The molecule has 0 saturated carbocycles. The zero-order chi connectivity index (χ0) is 21.8. The topological polar surface area (TPSA) is 59.4 Å². The normalized spacial score (nSPS) is 11.0. The van der Waals surface area contributed by atoms with Gasteiger partial charge in [-0.15, -0.1) is 0 Å². The molecule has 30 heavy (non-hydrogen) atoms. The van der Waals surface area contributed by atoms with Crippen molar-refractivity contribution >= 4 is 11.7 Å². The van der Waals surface area contributed by atoms with Gasteiger partial charge in [-0.25, -0.2) is 9.07 Å². The lowest BCUT2D eigenvalue weighted by Crippen LogP contribution is -2.30. The van der Waals surface area contributed by atoms with E-state index in [2.05, 4.69) is 22.5 Å². The molecule has 0 aliphatic rings. The van der Waals surface area contributed by atoms with E-state index in [9.17, 15) is 9.18 Å². The number of halogens is 1. The summed E-state index contributed by atoms with van der Waals surface area (Å²) in [6, 6.07) is 11.9. The van der Waals surface area contributed by atoms with Crippen LogP contribution in [0.1, 0.15) is 22.4 Å². The molecule has 158 valence electrons.